The van der Waals surface area contributed by atoms with E-state index < -0.39 is 0 Å². The monoisotopic (exact) mass is 559 g/mol. The third-order valence-electron chi connectivity index (χ3n) is 6.24. The SMILES string of the molecule is CN=C(NCC1(c2ccccc2Cl)CCOCC1)N1CCN(Cc2ccon2)CC1.I. The van der Waals surface area contributed by atoms with Gasteiger partial charge < -0.3 is 19.5 Å². The van der Waals surface area contributed by atoms with Crippen LogP contribution < -0.4 is 5.32 Å². The van der Waals surface area contributed by atoms with Gasteiger partial charge >= 0.3 is 0 Å². The number of guanidine groups is 1. The molecular weight excluding hydrogens is 529 g/mol. The summed E-state index contributed by atoms with van der Waals surface area (Å²) in [4.78, 5) is 9.29. The van der Waals surface area contributed by atoms with Crippen molar-refractivity contribution in [2.45, 2.75) is 24.8 Å². The van der Waals surface area contributed by atoms with E-state index in [4.69, 9.17) is 20.9 Å². The van der Waals surface area contributed by atoms with Crippen molar-refractivity contribution in [2.24, 2.45) is 4.99 Å². The van der Waals surface area contributed by atoms with E-state index >= 15 is 0 Å². The predicted octanol–water partition coefficient (Wildman–Crippen LogP) is 3.39. The van der Waals surface area contributed by atoms with Crippen LogP contribution >= 0.6 is 35.6 Å². The van der Waals surface area contributed by atoms with E-state index in [0.717, 1.165) is 82.0 Å². The molecule has 0 amide bonds. The summed E-state index contributed by atoms with van der Waals surface area (Å²) in [5.74, 6) is 0.953. The molecule has 2 aliphatic rings. The number of nitrogens with zero attached hydrogens (tertiary/aromatic N) is 4. The van der Waals surface area contributed by atoms with Crippen molar-refractivity contribution in [1.82, 2.24) is 20.3 Å². The Morgan fingerprint density at radius 2 is 1.90 bits per heavy atom. The predicted molar refractivity (Wildman–Crippen MR) is 133 cm³/mol. The number of hydrogen-bond donors (Lipinski definition) is 1. The molecule has 1 aromatic carbocycles. The summed E-state index contributed by atoms with van der Waals surface area (Å²) in [7, 11) is 1.86. The van der Waals surface area contributed by atoms with Crippen LogP contribution in [0.4, 0.5) is 0 Å². The van der Waals surface area contributed by atoms with Crippen molar-refractivity contribution in [3.05, 3.63) is 52.9 Å². The lowest BCUT2D eigenvalue weighted by Gasteiger charge is -2.41. The Kier molecular flexibility index (Phi) is 9.00. The molecule has 2 aliphatic heterocycles. The summed E-state index contributed by atoms with van der Waals surface area (Å²) in [6, 6.07) is 10.1. The van der Waals surface area contributed by atoms with Gasteiger partial charge in [0, 0.05) is 76.0 Å². The minimum atomic E-state index is -0.0404. The number of nitrogens with one attached hydrogen (secondary N) is 1. The van der Waals surface area contributed by atoms with Crippen molar-refractivity contribution in [3.63, 3.8) is 0 Å². The van der Waals surface area contributed by atoms with Crippen LogP contribution in [-0.2, 0) is 16.7 Å². The van der Waals surface area contributed by atoms with Crippen molar-refractivity contribution in [3.8, 4) is 0 Å². The summed E-state index contributed by atoms with van der Waals surface area (Å²) in [5, 5.41) is 8.50. The topological polar surface area (TPSA) is 66.1 Å². The lowest BCUT2D eigenvalue weighted by Crippen LogP contribution is -2.54. The zero-order valence-electron chi connectivity index (χ0n) is 17.9. The molecule has 0 aliphatic carbocycles. The van der Waals surface area contributed by atoms with Crippen molar-refractivity contribution in [2.75, 3.05) is 53.0 Å². The van der Waals surface area contributed by atoms with Gasteiger partial charge in [0.25, 0.3) is 0 Å². The molecule has 2 fully saturated rings. The Morgan fingerprint density at radius 3 is 2.55 bits per heavy atom. The highest BCUT2D eigenvalue weighted by molar-refractivity contribution is 14.0. The number of benzene rings is 1. The maximum atomic E-state index is 6.59. The molecule has 3 heterocycles. The molecule has 0 unspecified atom stereocenters. The average Bonchev–Trinajstić information content (AvgIpc) is 3.29. The number of aliphatic imine (C=N–C) groups is 1. The third-order valence-corrected chi connectivity index (χ3v) is 6.57. The zero-order valence-corrected chi connectivity index (χ0v) is 21.0. The first-order valence-corrected chi connectivity index (χ1v) is 11.0. The lowest BCUT2D eigenvalue weighted by atomic mass is 9.74. The van der Waals surface area contributed by atoms with E-state index in [2.05, 4.69) is 37.4 Å². The maximum absolute atomic E-state index is 6.59. The molecule has 0 bridgehead atoms. The van der Waals surface area contributed by atoms with Crippen LogP contribution in [0.15, 0.2) is 46.1 Å². The lowest BCUT2D eigenvalue weighted by molar-refractivity contribution is 0.0510. The molecule has 0 spiro atoms. The van der Waals surface area contributed by atoms with Crippen LogP contribution in [0.5, 0.6) is 0 Å². The van der Waals surface area contributed by atoms with Crippen LogP contribution in [0.3, 0.4) is 0 Å². The van der Waals surface area contributed by atoms with Crippen molar-refractivity contribution >= 4 is 41.5 Å². The van der Waals surface area contributed by atoms with E-state index in [0.29, 0.717) is 0 Å². The van der Waals surface area contributed by atoms with Crippen molar-refractivity contribution in [1.29, 1.82) is 0 Å². The highest BCUT2D eigenvalue weighted by Gasteiger charge is 2.36. The molecule has 4 rings (SSSR count). The number of aromatic nitrogens is 1. The Hall–Kier alpha value is -1.36. The molecule has 31 heavy (non-hydrogen) atoms. The molecule has 0 saturated carbocycles. The molecule has 170 valence electrons. The number of hydrogen-bond acceptors (Lipinski definition) is 5. The fourth-order valence-corrected chi connectivity index (χ4v) is 4.78. The van der Waals surface area contributed by atoms with E-state index in [1.54, 1.807) is 6.26 Å². The van der Waals surface area contributed by atoms with Gasteiger partial charge in [-0.1, -0.05) is 35.0 Å². The molecule has 1 N–H and O–H groups in total. The van der Waals surface area contributed by atoms with Gasteiger partial charge in [0.1, 0.15) is 6.26 Å². The van der Waals surface area contributed by atoms with Gasteiger partial charge in [-0.05, 0) is 24.5 Å². The van der Waals surface area contributed by atoms with Gasteiger partial charge in [0.2, 0.25) is 0 Å². The molecular formula is C22H31ClIN5O2. The van der Waals surface area contributed by atoms with E-state index in [1.807, 2.05) is 25.2 Å². The first kappa shape index (κ1) is 24.3. The maximum Gasteiger partial charge on any atom is 0.193 e. The van der Waals surface area contributed by atoms with Crippen LogP contribution in [0.2, 0.25) is 5.02 Å². The summed E-state index contributed by atoms with van der Waals surface area (Å²) in [6.45, 7) is 6.93. The fraction of sp³-hybridized carbons (Fsp3) is 0.545. The molecule has 0 radical (unpaired) electrons. The van der Waals surface area contributed by atoms with Gasteiger partial charge in [-0.2, -0.15) is 0 Å². The first-order chi connectivity index (χ1) is 14.7. The molecule has 2 saturated heterocycles. The Bertz CT molecular complexity index is 834. The Morgan fingerprint density at radius 1 is 1.16 bits per heavy atom. The van der Waals surface area contributed by atoms with Crippen LogP contribution in [0.25, 0.3) is 0 Å². The highest BCUT2D eigenvalue weighted by atomic mass is 127. The normalized spacial score (nSPS) is 19.7. The fourth-order valence-electron chi connectivity index (χ4n) is 4.44. The standard InChI is InChI=1S/C22H30ClN5O2.HI/c1-24-21(28-11-9-27(10-12-28)16-18-6-13-30-26-18)25-17-22(7-14-29-15-8-22)19-4-2-3-5-20(19)23;/h2-6,13H,7-12,14-17H2,1H3,(H,24,25);1H. The Balaban J connectivity index is 0.00000272. The number of rotatable bonds is 5. The Labute approximate surface area is 206 Å². The van der Waals surface area contributed by atoms with E-state index in [1.165, 1.54) is 5.56 Å². The second-order valence-corrected chi connectivity index (χ2v) is 8.43. The second-order valence-electron chi connectivity index (χ2n) is 8.03. The second kappa shape index (κ2) is 11.5. The van der Waals surface area contributed by atoms with Gasteiger partial charge in [-0.25, -0.2) is 0 Å². The van der Waals surface area contributed by atoms with E-state index in [-0.39, 0.29) is 29.4 Å². The van der Waals surface area contributed by atoms with Crippen LogP contribution in [0.1, 0.15) is 24.1 Å². The minimum Gasteiger partial charge on any atom is -0.381 e. The van der Waals surface area contributed by atoms with Gasteiger partial charge in [0.05, 0.1) is 5.69 Å². The number of piperazine rings is 1. The molecule has 0 atom stereocenters. The van der Waals surface area contributed by atoms with Gasteiger partial charge in [-0.3, -0.25) is 9.89 Å². The van der Waals surface area contributed by atoms with Crippen molar-refractivity contribution < 1.29 is 9.26 Å². The molecule has 1 aromatic heterocycles. The number of ether oxygens (including phenoxy) is 1. The highest BCUT2D eigenvalue weighted by Crippen LogP contribution is 2.38. The summed E-state index contributed by atoms with van der Waals surface area (Å²) in [6.07, 6.45) is 3.53. The smallest absolute Gasteiger partial charge is 0.193 e. The van der Waals surface area contributed by atoms with Gasteiger partial charge in [0.15, 0.2) is 5.96 Å². The number of halogens is 2. The molecule has 2 aromatic rings. The van der Waals surface area contributed by atoms with Crippen LogP contribution in [0, 0.1) is 0 Å². The summed E-state index contributed by atoms with van der Waals surface area (Å²) in [5.41, 5.74) is 2.14. The molecule has 9 heteroatoms. The zero-order chi connectivity index (χ0) is 20.8. The largest absolute Gasteiger partial charge is 0.381 e. The van der Waals surface area contributed by atoms with Gasteiger partial charge in [-0.15, -0.1) is 24.0 Å². The third kappa shape index (κ3) is 5.91. The average molecular weight is 560 g/mol. The first-order valence-electron chi connectivity index (χ1n) is 10.6. The molecule has 7 nitrogen and oxygen atoms in total. The summed E-state index contributed by atoms with van der Waals surface area (Å²) >= 11 is 6.59. The van der Waals surface area contributed by atoms with E-state index in [9.17, 15) is 0 Å². The quantitative estimate of drug-likeness (QED) is 0.344. The minimum absolute atomic E-state index is 0. The van der Waals surface area contributed by atoms with Crippen LogP contribution in [-0.4, -0.2) is 73.9 Å². The summed E-state index contributed by atoms with van der Waals surface area (Å²) < 4.78 is 10.6.